The first-order valence-electron chi connectivity index (χ1n) is 7.74. The molecule has 2 aromatic heterocycles. The highest BCUT2D eigenvalue weighted by molar-refractivity contribution is 5.92. The molecule has 3 rings (SSSR count). The van der Waals surface area contributed by atoms with Crippen LogP contribution in [0.5, 0.6) is 0 Å². The highest BCUT2D eigenvalue weighted by Crippen LogP contribution is 2.26. The molecule has 5 heteroatoms. The minimum atomic E-state index is -0.145. The summed E-state index contributed by atoms with van der Waals surface area (Å²) < 4.78 is 2.33. The van der Waals surface area contributed by atoms with Crippen molar-refractivity contribution in [2.75, 3.05) is 25.0 Å². The molecule has 0 aliphatic carbocycles. The summed E-state index contributed by atoms with van der Waals surface area (Å²) in [4.78, 5) is 18.1. The van der Waals surface area contributed by atoms with Crippen LogP contribution in [0.4, 0.5) is 5.69 Å². The van der Waals surface area contributed by atoms with E-state index in [1.54, 1.807) is 19.3 Å². The van der Waals surface area contributed by atoms with E-state index >= 15 is 0 Å². The second-order valence-corrected chi connectivity index (χ2v) is 5.84. The van der Waals surface area contributed by atoms with Crippen LogP contribution in [-0.2, 0) is 0 Å². The highest BCUT2D eigenvalue weighted by Gasteiger charge is 2.20. The van der Waals surface area contributed by atoms with Crippen LogP contribution in [0, 0.1) is 6.92 Å². The van der Waals surface area contributed by atoms with Gasteiger partial charge in [-0.25, -0.2) is 4.98 Å². The van der Waals surface area contributed by atoms with Crippen molar-refractivity contribution in [1.29, 1.82) is 0 Å². The lowest BCUT2D eigenvalue weighted by molar-refractivity contribution is 0.0958. The van der Waals surface area contributed by atoms with E-state index in [-0.39, 0.29) is 5.91 Å². The first-order valence-corrected chi connectivity index (χ1v) is 7.74. The maximum absolute atomic E-state index is 11.5. The largest absolute Gasteiger partial charge is 0.370 e. The first-order chi connectivity index (χ1) is 10.7. The molecule has 2 aromatic rings. The summed E-state index contributed by atoms with van der Waals surface area (Å²) >= 11 is 0. The summed E-state index contributed by atoms with van der Waals surface area (Å²) in [5.41, 5.74) is 2.87. The van der Waals surface area contributed by atoms with Crippen molar-refractivity contribution >= 4 is 11.6 Å². The number of hydrogen-bond acceptors (Lipinski definition) is 3. The summed E-state index contributed by atoms with van der Waals surface area (Å²) in [6, 6.07) is 6.52. The number of aryl methyl sites for hydroxylation is 1. The third-order valence-corrected chi connectivity index (χ3v) is 4.32. The van der Waals surface area contributed by atoms with E-state index in [0.29, 0.717) is 11.7 Å². The summed E-state index contributed by atoms with van der Waals surface area (Å²) in [7, 11) is 1.62. The average Bonchev–Trinajstić information content (AvgIpc) is 3.01. The monoisotopic (exact) mass is 298 g/mol. The molecule has 1 amide bonds. The number of aromatic nitrogens is 2. The maximum Gasteiger partial charge on any atom is 0.269 e. The topological polar surface area (TPSA) is 50.2 Å². The third kappa shape index (κ3) is 2.98. The summed E-state index contributed by atoms with van der Waals surface area (Å²) in [6.45, 7) is 4.16. The minimum Gasteiger partial charge on any atom is -0.370 e. The molecule has 1 aliphatic heterocycles. The lowest BCUT2D eigenvalue weighted by Crippen LogP contribution is -2.34. The molecule has 116 valence electrons. The lowest BCUT2D eigenvalue weighted by atomic mass is 10.0. The molecule has 0 saturated carbocycles. The molecule has 1 fully saturated rings. The van der Waals surface area contributed by atoms with Gasteiger partial charge in [0, 0.05) is 38.6 Å². The second kappa shape index (κ2) is 6.22. The number of piperidine rings is 1. The molecule has 0 spiro atoms. The molecular weight excluding hydrogens is 276 g/mol. The van der Waals surface area contributed by atoms with Crippen molar-refractivity contribution in [3.63, 3.8) is 0 Å². The molecule has 1 N–H and O–H groups in total. The Bertz CT molecular complexity index is 639. The molecular formula is C17H22N4O. The Hall–Kier alpha value is -2.30. The van der Waals surface area contributed by atoms with Crippen LogP contribution < -0.4 is 10.2 Å². The van der Waals surface area contributed by atoms with Gasteiger partial charge in [-0.2, -0.15) is 0 Å². The van der Waals surface area contributed by atoms with Gasteiger partial charge in [0.2, 0.25) is 0 Å². The quantitative estimate of drug-likeness (QED) is 0.946. The summed E-state index contributed by atoms with van der Waals surface area (Å²) in [5, 5.41) is 2.59. The van der Waals surface area contributed by atoms with Crippen LogP contribution in [0.1, 0.15) is 34.9 Å². The molecule has 0 radical (unpaired) electrons. The predicted octanol–water partition coefficient (Wildman–Crippen LogP) is 2.39. The van der Waals surface area contributed by atoms with Crippen LogP contribution in [0.3, 0.4) is 0 Å². The zero-order chi connectivity index (χ0) is 15.5. The van der Waals surface area contributed by atoms with E-state index in [1.807, 2.05) is 6.07 Å². The number of pyridine rings is 1. The Morgan fingerprint density at radius 2 is 2.05 bits per heavy atom. The number of hydrogen-bond donors (Lipinski definition) is 1. The number of rotatable bonds is 3. The van der Waals surface area contributed by atoms with Gasteiger partial charge in [-0.3, -0.25) is 4.79 Å². The van der Waals surface area contributed by atoms with Gasteiger partial charge in [0.1, 0.15) is 5.69 Å². The Morgan fingerprint density at radius 3 is 2.59 bits per heavy atom. The van der Waals surface area contributed by atoms with E-state index in [9.17, 15) is 4.79 Å². The smallest absolute Gasteiger partial charge is 0.269 e. The number of carbonyl (C=O) groups is 1. The number of anilines is 1. The van der Waals surface area contributed by atoms with E-state index in [4.69, 9.17) is 0 Å². The number of amides is 1. The second-order valence-electron chi connectivity index (χ2n) is 5.84. The van der Waals surface area contributed by atoms with Gasteiger partial charge in [0.05, 0.1) is 11.9 Å². The van der Waals surface area contributed by atoms with Crippen LogP contribution in [-0.4, -0.2) is 35.6 Å². The van der Waals surface area contributed by atoms with Crippen molar-refractivity contribution in [2.45, 2.75) is 25.8 Å². The van der Waals surface area contributed by atoms with E-state index in [0.717, 1.165) is 31.6 Å². The van der Waals surface area contributed by atoms with Gasteiger partial charge < -0.3 is 14.8 Å². The van der Waals surface area contributed by atoms with Gasteiger partial charge in [0.25, 0.3) is 5.91 Å². The number of carbonyl (C=O) groups excluding carboxylic acids is 1. The molecule has 0 aromatic carbocycles. The van der Waals surface area contributed by atoms with Crippen molar-refractivity contribution in [3.05, 3.63) is 48.0 Å². The van der Waals surface area contributed by atoms with Crippen molar-refractivity contribution < 1.29 is 4.79 Å². The summed E-state index contributed by atoms with van der Waals surface area (Å²) in [5.74, 6) is -0.145. The Labute approximate surface area is 131 Å². The predicted molar refractivity (Wildman–Crippen MR) is 87.3 cm³/mol. The Balaban J connectivity index is 1.62. The Kier molecular flexibility index (Phi) is 4.13. The number of nitrogens with one attached hydrogen (secondary N) is 1. The van der Waals surface area contributed by atoms with Gasteiger partial charge in [0.15, 0.2) is 0 Å². The van der Waals surface area contributed by atoms with Crippen LogP contribution in [0.25, 0.3) is 0 Å². The average molecular weight is 298 g/mol. The van der Waals surface area contributed by atoms with E-state index in [1.165, 1.54) is 5.56 Å². The lowest BCUT2D eigenvalue weighted by Gasteiger charge is -2.34. The molecule has 0 atom stereocenters. The standard InChI is InChI=1S/C17H22N4O/c1-13-5-8-21(12-13)14-6-9-20(10-7-14)15-3-4-16(19-11-15)17(22)18-2/h3-5,8,11-12,14H,6-7,9-10H2,1-2H3,(H,18,22). The highest BCUT2D eigenvalue weighted by atomic mass is 16.1. The fraction of sp³-hybridized carbons (Fsp3) is 0.412. The molecule has 5 nitrogen and oxygen atoms in total. The molecule has 1 saturated heterocycles. The zero-order valence-electron chi connectivity index (χ0n) is 13.1. The first kappa shape index (κ1) is 14.6. The molecule has 22 heavy (non-hydrogen) atoms. The number of nitrogens with zero attached hydrogens (tertiary/aromatic N) is 3. The normalized spacial score (nSPS) is 15.8. The molecule has 0 unspecified atom stereocenters. The minimum absolute atomic E-state index is 0.145. The van der Waals surface area contributed by atoms with Crippen LogP contribution in [0.15, 0.2) is 36.8 Å². The zero-order valence-corrected chi connectivity index (χ0v) is 13.1. The fourth-order valence-electron chi connectivity index (χ4n) is 3.01. The Morgan fingerprint density at radius 1 is 1.27 bits per heavy atom. The fourth-order valence-corrected chi connectivity index (χ4v) is 3.01. The van der Waals surface area contributed by atoms with Gasteiger partial charge >= 0.3 is 0 Å². The van der Waals surface area contributed by atoms with E-state index in [2.05, 4.69) is 45.2 Å². The van der Waals surface area contributed by atoms with E-state index < -0.39 is 0 Å². The molecule has 0 bridgehead atoms. The van der Waals surface area contributed by atoms with Crippen molar-refractivity contribution in [3.8, 4) is 0 Å². The SMILES string of the molecule is CNC(=O)c1ccc(N2CCC(n3ccc(C)c3)CC2)cn1. The van der Waals surface area contributed by atoms with Crippen LogP contribution in [0.2, 0.25) is 0 Å². The van der Waals surface area contributed by atoms with Gasteiger partial charge in [-0.05, 0) is 43.5 Å². The van der Waals surface area contributed by atoms with Crippen molar-refractivity contribution in [1.82, 2.24) is 14.9 Å². The van der Waals surface area contributed by atoms with Gasteiger partial charge in [-0.1, -0.05) is 0 Å². The van der Waals surface area contributed by atoms with Gasteiger partial charge in [-0.15, -0.1) is 0 Å². The molecule has 1 aliphatic rings. The molecule has 3 heterocycles. The third-order valence-electron chi connectivity index (χ3n) is 4.32. The van der Waals surface area contributed by atoms with Crippen LogP contribution >= 0.6 is 0 Å². The maximum atomic E-state index is 11.5. The summed E-state index contributed by atoms with van der Waals surface area (Å²) in [6.07, 6.45) is 8.46. The van der Waals surface area contributed by atoms with Crippen molar-refractivity contribution in [2.24, 2.45) is 0 Å².